The summed E-state index contributed by atoms with van der Waals surface area (Å²) in [6.45, 7) is 3.21. The minimum Gasteiger partial charge on any atom is -0.352 e. The second-order valence-corrected chi connectivity index (χ2v) is 8.75. The van der Waals surface area contributed by atoms with Gasteiger partial charge in [-0.1, -0.05) is 0 Å². The molecule has 1 aliphatic heterocycles. The summed E-state index contributed by atoms with van der Waals surface area (Å²) in [5.41, 5.74) is 2.00. The molecule has 1 fully saturated rings. The molecule has 0 bridgehead atoms. The number of anilines is 1. The zero-order chi connectivity index (χ0) is 20.4. The number of pyridine rings is 1. The highest BCUT2D eigenvalue weighted by Gasteiger charge is 2.29. The van der Waals surface area contributed by atoms with E-state index in [0.29, 0.717) is 37.6 Å². The van der Waals surface area contributed by atoms with Gasteiger partial charge in [0.2, 0.25) is 10.0 Å². The molecule has 2 aromatic heterocycles. The standard InChI is InChI=1S/C20H20FN5O2S/c1-15-14-17(2-3-18(15)21)29(27,28)26-12-10-25(11-13-26)20-5-4-19(23-24-20)16-6-8-22-9-7-16/h2-9,14H,10-13H2,1H3. The zero-order valence-corrected chi connectivity index (χ0v) is 16.7. The van der Waals surface area contributed by atoms with Crippen molar-refractivity contribution in [3.05, 3.63) is 66.2 Å². The monoisotopic (exact) mass is 413 g/mol. The van der Waals surface area contributed by atoms with Crippen molar-refractivity contribution in [1.82, 2.24) is 19.5 Å². The molecule has 9 heteroatoms. The topological polar surface area (TPSA) is 79.3 Å². The van der Waals surface area contributed by atoms with E-state index in [4.69, 9.17) is 0 Å². The van der Waals surface area contributed by atoms with Crippen LogP contribution >= 0.6 is 0 Å². The Hall–Kier alpha value is -2.91. The molecule has 3 aromatic rings. The van der Waals surface area contributed by atoms with Gasteiger partial charge in [0.05, 0.1) is 10.6 Å². The molecule has 0 spiro atoms. The van der Waals surface area contributed by atoms with Crippen molar-refractivity contribution < 1.29 is 12.8 Å². The normalized spacial score (nSPS) is 15.4. The number of benzene rings is 1. The van der Waals surface area contributed by atoms with Gasteiger partial charge in [-0.25, -0.2) is 12.8 Å². The summed E-state index contributed by atoms with van der Waals surface area (Å²) in [5.74, 6) is 0.292. The Balaban J connectivity index is 1.44. The summed E-state index contributed by atoms with van der Waals surface area (Å²) in [5, 5.41) is 8.56. The maximum Gasteiger partial charge on any atom is 0.243 e. The summed E-state index contributed by atoms with van der Waals surface area (Å²) in [6.07, 6.45) is 3.40. The van der Waals surface area contributed by atoms with Gasteiger partial charge in [0.25, 0.3) is 0 Å². The molecular weight excluding hydrogens is 393 g/mol. The number of hydrogen-bond donors (Lipinski definition) is 0. The third-order valence-electron chi connectivity index (χ3n) is 4.96. The average Bonchev–Trinajstić information content (AvgIpc) is 2.76. The molecule has 0 saturated carbocycles. The van der Waals surface area contributed by atoms with E-state index in [1.807, 2.05) is 29.2 Å². The van der Waals surface area contributed by atoms with Crippen molar-refractivity contribution in [2.24, 2.45) is 0 Å². The van der Waals surface area contributed by atoms with Gasteiger partial charge in [-0.2, -0.15) is 4.31 Å². The molecule has 150 valence electrons. The van der Waals surface area contributed by atoms with Crippen molar-refractivity contribution in [1.29, 1.82) is 0 Å². The summed E-state index contributed by atoms with van der Waals surface area (Å²) >= 11 is 0. The smallest absolute Gasteiger partial charge is 0.243 e. The molecule has 0 aliphatic carbocycles. The number of halogens is 1. The number of hydrogen-bond acceptors (Lipinski definition) is 6. The molecule has 0 radical (unpaired) electrons. The quantitative estimate of drug-likeness (QED) is 0.654. The Morgan fingerprint density at radius 3 is 2.28 bits per heavy atom. The zero-order valence-electron chi connectivity index (χ0n) is 15.9. The lowest BCUT2D eigenvalue weighted by molar-refractivity contribution is 0.383. The van der Waals surface area contributed by atoms with Crippen LogP contribution in [0.15, 0.2) is 59.8 Å². The first-order chi connectivity index (χ1) is 13.9. The predicted molar refractivity (Wildman–Crippen MR) is 107 cm³/mol. The van der Waals surface area contributed by atoms with Crippen LogP contribution in [0.3, 0.4) is 0 Å². The Bertz CT molecular complexity index is 1100. The third-order valence-corrected chi connectivity index (χ3v) is 6.85. The third kappa shape index (κ3) is 3.96. The minimum atomic E-state index is -3.65. The van der Waals surface area contributed by atoms with Crippen LogP contribution in [0.5, 0.6) is 0 Å². The lowest BCUT2D eigenvalue weighted by Crippen LogP contribution is -2.49. The van der Waals surface area contributed by atoms with Gasteiger partial charge in [-0.15, -0.1) is 10.2 Å². The van der Waals surface area contributed by atoms with Crippen LogP contribution in [0.1, 0.15) is 5.56 Å². The fourth-order valence-corrected chi connectivity index (χ4v) is 4.76. The van der Waals surface area contributed by atoms with Crippen LogP contribution in [0.4, 0.5) is 10.2 Å². The lowest BCUT2D eigenvalue weighted by Gasteiger charge is -2.34. The van der Waals surface area contributed by atoms with Gasteiger partial charge in [-0.3, -0.25) is 4.98 Å². The maximum absolute atomic E-state index is 13.5. The molecule has 29 heavy (non-hydrogen) atoms. The molecule has 1 saturated heterocycles. The molecule has 7 nitrogen and oxygen atoms in total. The molecule has 4 rings (SSSR count). The molecule has 3 heterocycles. The first-order valence-electron chi connectivity index (χ1n) is 9.20. The first kappa shape index (κ1) is 19.4. The number of nitrogens with zero attached hydrogens (tertiary/aromatic N) is 5. The second-order valence-electron chi connectivity index (χ2n) is 6.81. The molecule has 0 atom stereocenters. The van der Waals surface area contributed by atoms with Crippen LogP contribution in [0.2, 0.25) is 0 Å². The molecule has 0 unspecified atom stereocenters. The van der Waals surface area contributed by atoms with Crippen molar-refractivity contribution >= 4 is 15.8 Å². The lowest BCUT2D eigenvalue weighted by atomic mass is 10.2. The Kier molecular flexibility index (Phi) is 5.25. The van der Waals surface area contributed by atoms with Gasteiger partial charge in [0.1, 0.15) is 5.82 Å². The van der Waals surface area contributed by atoms with E-state index < -0.39 is 15.8 Å². The molecule has 0 N–H and O–H groups in total. The fraction of sp³-hybridized carbons (Fsp3) is 0.250. The first-order valence-corrected chi connectivity index (χ1v) is 10.6. The van der Waals surface area contributed by atoms with Crippen LogP contribution in [0, 0.1) is 12.7 Å². The van der Waals surface area contributed by atoms with Gasteiger partial charge in [0.15, 0.2) is 5.82 Å². The van der Waals surface area contributed by atoms with Gasteiger partial charge in [-0.05, 0) is 55.0 Å². The second kappa shape index (κ2) is 7.84. The summed E-state index contributed by atoms with van der Waals surface area (Å²) < 4.78 is 40.6. The van der Waals surface area contributed by atoms with Gasteiger partial charge in [0, 0.05) is 44.1 Å². The number of aryl methyl sites for hydroxylation is 1. The van der Waals surface area contributed by atoms with Gasteiger partial charge < -0.3 is 4.90 Å². The Morgan fingerprint density at radius 2 is 1.66 bits per heavy atom. The van der Waals surface area contributed by atoms with E-state index in [-0.39, 0.29) is 4.90 Å². The average molecular weight is 413 g/mol. The Morgan fingerprint density at radius 1 is 0.931 bits per heavy atom. The summed E-state index contributed by atoms with van der Waals surface area (Å²) in [6, 6.07) is 11.4. The van der Waals surface area contributed by atoms with Crippen molar-refractivity contribution in [2.45, 2.75) is 11.8 Å². The minimum absolute atomic E-state index is 0.117. The number of rotatable bonds is 4. The predicted octanol–water partition coefficient (Wildman–Crippen LogP) is 2.50. The highest BCUT2D eigenvalue weighted by atomic mass is 32.2. The molecular formula is C20H20FN5O2S. The van der Waals surface area contributed by atoms with Crippen molar-refractivity contribution in [2.75, 3.05) is 31.1 Å². The largest absolute Gasteiger partial charge is 0.352 e. The van der Waals surface area contributed by atoms with Crippen LogP contribution in [-0.4, -0.2) is 54.1 Å². The van der Waals surface area contributed by atoms with E-state index >= 15 is 0 Å². The summed E-state index contributed by atoms with van der Waals surface area (Å²) in [7, 11) is -3.65. The highest BCUT2D eigenvalue weighted by molar-refractivity contribution is 7.89. The molecule has 1 aliphatic rings. The number of sulfonamides is 1. The summed E-state index contributed by atoms with van der Waals surface area (Å²) in [4.78, 5) is 6.11. The number of aromatic nitrogens is 3. The van der Waals surface area contributed by atoms with Crippen LogP contribution in [-0.2, 0) is 10.0 Å². The van der Waals surface area contributed by atoms with E-state index in [1.165, 1.54) is 22.5 Å². The fourth-order valence-electron chi connectivity index (χ4n) is 3.25. The van der Waals surface area contributed by atoms with Crippen molar-refractivity contribution in [3.63, 3.8) is 0 Å². The van der Waals surface area contributed by atoms with Gasteiger partial charge >= 0.3 is 0 Å². The molecule has 1 aromatic carbocycles. The Labute approximate surface area is 168 Å². The van der Waals surface area contributed by atoms with Crippen molar-refractivity contribution in [3.8, 4) is 11.3 Å². The van der Waals surface area contributed by atoms with E-state index in [9.17, 15) is 12.8 Å². The van der Waals surface area contributed by atoms with E-state index in [0.717, 1.165) is 11.3 Å². The van der Waals surface area contributed by atoms with E-state index in [1.54, 1.807) is 19.3 Å². The highest BCUT2D eigenvalue weighted by Crippen LogP contribution is 2.22. The maximum atomic E-state index is 13.5. The van der Waals surface area contributed by atoms with E-state index in [2.05, 4.69) is 15.2 Å². The van der Waals surface area contributed by atoms with Crippen LogP contribution < -0.4 is 4.90 Å². The number of piperazine rings is 1. The van der Waals surface area contributed by atoms with Crippen LogP contribution in [0.25, 0.3) is 11.3 Å². The molecule has 0 amide bonds. The SMILES string of the molecule is Cc1cc(S(=O)(=O)N2CCN(c3ccc(-c4ccncc4)nn3)CC2)ccc1F.